The molecule has 4 N–H and O–H groups in total. The van der Waals surface area contributed by atoms with Crippen molar-refractivity contribution in [2.75, 3.05) is 6.61 Å². The van der Waals surface area contributed by atoms with Gasteiger partial charge in [0.05, 0.1) is 0 Å². The van der Waals surface area contributed by atoms with Crippen LogP contribution in [0, 0.1) is 11.7 Å². The molecule has 2 rings (SSSR count). The summed E-state index contributed by atoms with van der Waals surface area (Å²) in [6.07, 6.45) is -2.99. The summed E-state index contributed by atoms with van der Waals surface area (Å²) in [5.74, 6) is -3.22. The summed E-state index contributed by atoms with van der Waals surface area (Å²) in [5.41, 5.74) is -0.299. The summed E-state index contributed by atoms with van der Waals surface area (Å²) >= 11 is 4.89. The van der Waals surface area contributed by atoms with Crippen LogP contribution in [0.25, 0.3) is 0 Å². The van der Waals surface area contributed by atoms with E-state index in [0.717, 1.165) is 4.57 Å². The minimum Gasteiger partial charge on any atom is -0.317 e. The number of halogens is 2. The van der Waals surface area contributed by atoms with Crippen LogP contribution in [0.4, 0.5) is 8.78 Å². The van der Waals surface area contributed by atoms with Gasteiger partial charge in [0.2, 0.25) is 0 Å². The van der Waals surface area contributed by atoms with Gasteiger partial charge in [-0.15, -0.1) is 0 Å². The molecule has 0 aromatic carbocycles. The summed E-state index contributed by atoms with van der Waals surface area (Å²) < 4.78 is 63.9. The number of phosphoric acid groups is 2. The van der Waals surface area contributed by atoms with Gasteiger partial charge in [0.25, 0.3) is 11.4 Å². The Kier molecular flexibility index (Phi) is 6.03. The summed E-state index contributed by atoms with van der Waals surface area (Å²) in [6, 6.07) is 0. The fourth-order valence-electron chi connectivity index (χ4n) is 2.12. The molecule has 1 aliphatic rings. The van der Waals surface area contributed by atoms with E-state index >= 15 is 0 Å². The van der Waals surface area contributed by atoms with Gasteiger partial charge in [-0.05, 0) is 19.1 Å². The maximum Gasteiger partial charge on any atom is 0.481 e. The molecule has 1 unspecified atom stereocenters. The van der Waals surface area contributed by atoms with Crippen molar-refractivity contribution in [2.45, 2.75) is 31.6 Å². The lowest BCUT2D eigenvalue weighted by atomic mass is 10.2. The lowest BCUT2D eigenvalue weighted by Crippen LogP contribution is -2.36. The number of rotatable bonds is 6. The number of ether oxygens (including phenoxy) is 1. The minimum absolute atomic E-state index is 0.166. The van der Waals surface area contributed by atoms with Crippen molar-refractivity contribution in [3.05, 3.63) is 26.9 Å². The first-order valence-corrected chi connectivity index (χ1v) is 10.2. The molecule has 1 aromatic heterocycles. The van der Waals surface area contributed by atoms with Crippen molar-refractivity contribution in [3.8, 4) is 0 Å². The molecular formula is C10H14F2N2O9P2S. The number of H-pyrrole nitrogens is 1. The first-order valence-electron chi connectivity index (χ1n) is 6.79. The number of nitrogens with zero attached hydrogens (tertiary/aromatic N) is 1. The van der Waals surface area contributed by atoms with Crippen LogP contribution in [-0.4, -0.2) is 42.9 Å². The van der Waals surface area contributed by atoms with Crippen LogP contribution in [0.3, 0.4) is 0 Å². The van der Waals surface area contributed by atoms with E-state index in [2.05, 4.69) is 13.8 Å². The lowest BCUT2D eigenvalue weighted by Gasteiger charge is -2.23. The molecule has 0 spiro atoms. The molecule has 1 aliphatic heterocycles. The van der Waals surface area contributed by atoms with E-state index in [0.29, 0.717) is 0 Å². The molecule has 1 saturated heterocycles. The Balaban J connectivity index is 2.16. The average molecular weight is 438 g/mol. The Morgan fingerprint density at radius 3 is 2.69 bits per heavy atom. The monoisotopic (exact) mass is 438 g/mol. The van der Waals surface area contributed by atoms with Gasteiger partial charge < -0.3 is 19.4 Å². The molecule has 26 heavy (non-hydrogen) atoms. The molecule has 0 radical (unpaired) electrons. The van der Waals surface area contributed by atoms with Crippen LogP contribution in [-0.2, 0) is 22.7 Å². The molecular weight excluding hydrogens is 424 g/mol. The van der Waals surface area contributed by atoms with E-state index in [1.807, 2.05) is 0 Å². The van der Waals surface area contributed by atoms with Gasteiger partial charge in [-0.3, -0.25) is 18.9 Å². The number of phosphoric ester groups is 1. The molecule has 4 atom stereocenters. The van der Waals surface area contributed by atoms with Crippen molar-refractivity contribution in [1.82, 2.24) is 9.55 Å². The fourth-order valence-corrected chi connectivity index (χ4v) is 3.99. The molecule has 0 saturated carbocycles. The van der Waals surface area contributed by atoms with Crippen LogP contribution >= 0.6 is 27.9 Å². The summed E-state index contributed by atoms with van der Waals surface area (Å²) in [7, 11) is -10.8. The minimum atomic E-state index is -5.41. The number of nitrogens with one attached hydrogen (secondary N) is 1. The molecule has 148 valence electrons. The average Bonchev–Trinajstić information content (AvgIpc) is 2.75. The van der Waals surface area contributed by atoms with E-state index in [1.165, 1.54) is 13.1 Å². The second-order valence-corrected chi connectivity index (χ2v) is 8.57. The van der Waals surface area contributed by atoms with E-state index in [9.17, 15) is 22.7 Å². The zero-order valence-corrected chi connectivity index (χ0v) is 15.5. The van der Waals surface area contributed by atoms with E-state index in [-0.39, 0.29) is 10.3 Å². The lowest BCUT2D eigenvalue weighted by molar-refractivity contribution is -0.193. The Hall–Kier alpha value is -0.820. The van der Waals surface area contributed by atoms with Gasteiger partial charge >= 0.3 is 15.6 Å². The Morgan fingerprint density at radius 2 is 2.12 bits per heavy atom. The molecule has 1 aromatic rings. The smallest absolute Gasteiger partial charge is 0.317 e. The van der Waals surface area contributed by atoms with Gasteiger partial charge in [0.1, 0.15) is 12.8 Å². The van der Waals surface area contributed by atoms with Crippen LogP contribution in [0.2, 0.25) is 0 Å². The van der Waals surface area contributed by atoms with E-state index in [1.54, 1.807) is 0 Å². The zero-order chi connectivity index (χ0) is 19.9. The van der Waals surface area contributed by atoms with Crippen molar-refractivity contribution < 1.29 is 46.2 Å². The zero-order valence-electron chi connectivity index (χ0n) is 12.9. The molecule has 0 bridgehead atoms. The van der Waals surface area contributed by atoms with Crippen LogP contribution in [0.15, 0.2) is 11.0 Å². The summed E-state index contributed by atoms with van der Waals surface area (Å²) in [6.45, 7) is -0.0622. The fraction of sp³-hybridized carbons (Fsp3) is 0.600. The van der Waals surface area contributed by atoms with Crippen LogP contribution in [0.5, 0.6) is 0 Å². The first kappa shape index (κ1) is 21.5. The number of aryl methyl sites for hydroxylation is 1. The normalized spacial score (nSPS) is 28.8. The number of hydrogen-bond donors (Lipinski definition) is 4. The van der Waals surface area contributed by atoms with Crippen molar-refractivity contribution >= 4 is 27.9 Å². The summed E-state index contributed by atoms with van der Waals surface area (Å²) in [4.78, 5) is 39.8. The standard InChI is InChI=1S/C10H14F2N2O9P2S/c1-5-3-14(9(26)13-8(5)15)7-2-6(11)10(12,22-7)4-21-25(19,20)23-24(16,17)18/h3,6-7H,2,4H2,1H3,(H,19,20)(H,13,15,26)(H2,16,17,18)/t6-,7+,10+/m0/s1. The Morgan fingerprint density at radius 1 is 1.50 bits per heavy atom. The van der Waals surface area contributed by atoms with Gasteiger partial charge in [-0.2, -0.15) is 4.31 Å². The quantitative estimate of drug-likeness (QED) is 0.377. The van der Waals surface area contributed by atoms with Gasteiger partial charge in [-0.25, -0.2) is 17.9 Å². The third-order valence-corrected chi connectivity index (χ3v) is 5.74. The summed E-state index contributed by atoms with van der Waals surface area (Å²) in [5, 5.41) is 0. The predicted octanol–water partition coefficient (Wildman–Crippen LogP) is 1.36. The first-order chi connectivity index (χ1) is 11.7. The topological polar surface area (TPSA) is 160 Å². The number of hydrogen-bond acceptors (Lipinski definition) is 7. The maximum absolute atomic E-state index is 14.6. The highest BCUT2D eigenvalue weighted by Gasteiger charge is 2.53. The van der Waals surface area contributed by atoms with Crippen molar-refractivity contribution in [1.29, 1.82) is 0 Å². The van der Waals surface area contributed by atoms with Gasteiger partial charge in [0, 0.05) is 18.2 Å². The molecule has 11 nitrogen and oxygen atoms in total. The van der Waals surface area contributed by atoms with Gasteiger partial charge in [0.15, 0.2) is 10.9 Å². The second-order valence-electron chi connectivity index (χ2n) is 5.35. The molecule has 1 fully saturated rings. The molecule has 0 amide bonds. The number of aromatic amines is 1. The van der Waals surface area contributed by atoms with E-state index < -0.39 is 52.5 Å². The largest absolute Gasteiger partial charge is 0.481 e. The van der Waals surface area contributed by atoms with Gasteiger partial charge in [-0.1, -0.05) is 0 Å². The third kappa shape index (κ3) is 5.12. The highest BCUT2D eigenvalue weighted by Crippen LogP contribution is 2.58. The number of alkyl halides is 2. The SMILES string of the molecule is Cc1cn([C@H]2C[C@H](F)[C@@](F)(COP(=O)(O)OP(=O)(O)O)O2)c(=S)[nH]c1=O. The third-order valence-electron chi connectivity index (χ3n) is 3.30. The maximum atomic E-state index is 14.6. The predicted molar refractivity (Wildman–Crippen MR) is 83.0 cm³/mol. The highest BCUT2D eigenvalue weighted by atomic mass is 32.1. The van der Waals surface area contributed by atoms with E-state index in [4.69, 9.17) is 31.6 Å². The second kappa shape index (κ2) is 7.30. The Bertz CT molecular complexity index is 901. The highest BCUT2D eigenvalue weighted by molar-refractivity contribution is 7.71. The molecule has 2 heterocycles. The molecule has 16 heteroatoms. The molecule has 0 aliphatic carbocycles. The van der Waals surface area contributed by atoms with Crippen LogP contribution < -0.4 is 5.56 Å². The number of aromatic nitrogens is 2. The Labute approximate surface area is 149 Å². The van der Waals surface area contributed by atoms with Crippen LogP contribution in [0.1, 0.15) is 18.2 Å². The van der Waals surface area contributed by atoms with Crippen molar-refractivity contribution in [3.63, 3.8) is 0 Å². The van der Waals surface area contributed by atoms with Crippen molar-refractivity contribution in [2.24, 2.45) is 0 Å².